The molecule has 0 saturated carbocycles. The predicted molar refractivity (Wildman–Crippen MR) is 149 cm³/mol. The number of methoxy groups -OCH3 is 1. The SMILES string of the molecule is COCCOC(=O)C1=C(C)N=c2sc(=Cc3ccc(N4CCOCC4)o3)c(=O)n2C1c1ccc(C(C)C)cc1. The first-order valence-corrected chi connectivity index (χ1v) is 13.9. The number of furan rings is 1. The molecule has 39 heavy (non-hydrogen) atoms. The summed E-state index contributed by atoms with van der Waals surface area (Å²) in [5, 5.41) is 0. The first-order valence-electron chi connectivity index (χ1n) is 13.1. The van der Waals surface area contributed by atoms with Crippen LogP contribution in [0.2, 0.25) is 0 Å². The number of allylic oxidation sites excluding steroid dienone is 1. The van der Waals surface area contributed by atoms with E-state index in [0.717, 1.165) is 24.5 Å². The molecule has 0 bridgehead atoms. The minimum absolute atomic E-state index is 0.111. The number of fused-ring (bicyclic) bond motifs is 1. The van der Waals surface area contributed by atoms with Gasteiger partial charge in [0.1, 0.15) is 12.4 Å². The Morgan fingerprint density at radius 2 is 1.90 bits per heavy atom. The number of ether oxygens (including phenoxy) is 3. The molecule has 1 unspecified atom stereocenters. The van der Waals surface area contributed by atoms with E-state index in [-0.39, 0.29) is 18.8 Å². The Balaban J connectivity index is 1.57. The smallest absolute Gasteiger partial charge is 0.338 e. The van der Waals surface area contributed by atoms with Gasteiger partial charge < -0.3 is 23.5 Å². The van der Waals surface area contributed by atoms with Crippen molar-refractivity contribution < 1.29 is 23.4 Å². The average molecular weight is 552 g/mol. The summed E-state index contributed by atoms with van der Waals surface area (Å²) in [7, 11) is 1.55. The number of carbonyl (C=O) groups excluding carboxylic acids is 1. The summed E-state index contributed by atoms with van der Waals surface area (Å²) in [6.45, 7) is 9.24. The fourth-order valence-corrected chi connectivity index (χ4v) is 5.79. The predicted octanol–water partition coefficient (Wildman–Crippen LogP) is 2.98. The van der Waals surface area contributed by atoms with E-state index in [1.807, 2.05) is 36.4 Å². The van der Waals surface area contributed by atoms with Gasteiger partial charge in [0, 0.05) is 32.3 Å². The maximum atomic E-state index is 13.8. The number of thiazole rings is 1. The Morgan fingerprint density at radius 3 is 2.59 bits per heavy atom. The van der Waals surface area contributed by atoms with Gasteiger partial charge in [0.15, 0.2) is 10.7 Å². The van der Waals surface area contributed by atoms with E-state index in [0.29, 0.717) is 45.5 Å². The molecule has 1 saturated heterocycles. The highest BCUT2D eigenvalue weighted by Gasteiger charge is 2.33. The lowest BCUT2D eigenvalue weighted by molar-refractivity contribution is -0.140. The van der Waals surface area contributed by atoms with Gasteiger partial charge in [-0.1, -0.05) is 49.4 Å². The molecule has 2 aliphatic heterocycles. The van der Waals surface area contributed by atoms with E-state index in [1.54, 1.807) is 24.7 Å². The van der Waals surface area contributed by atoms with E-state index in [4.69, 9.17) is 18.6 Å². The molecule has 4 heterocycles. The minimum Gasteiger partial charge on any atom is -0.460 e. The molecule has 5 rings (SSSR count). The monoisotopic (exact) mass is 551 g/mol. The van der Waals surface area contributed by atoms with E-state index in [1.165, 1.54) is 16.9 Å². The number of morpholine rings is 1. The maximum Gasteiger partial charge on any atom is 0.338 e. The second-order valence-electron chi connectivity index (χ2n) is 9.81. The normalized spacial score (nSPS) is 17.9. The largest absolute Gasteiger partial charge is 0.460 e. The van der Waals surface area contributed by atoms with Crippen LogP contribution in [0.5, 0.6) is 0 Å². The van der Waals surface area contributed by atoms with Crippen molar-refractivity contribution in [1.82, 2.24) is 4.57 Å². The van der Waals surface area contributed by atoms with Crippen LogP contribution < -0.4 is 19.8 Å². The Kier molecular flexibility index (Phi) is 8.15. The third-order valence-electron chi connectivity index (χ3n) is 6.89. The van der Waals surface area contributed by atoms with Gasteiger partial charge in [-0.15, -0.1) is 0 Å². The molecule has 206 valence electrons. The van der Waals surface area contributed by atoms with Crippen LogP contribution in [0.25, 0.3) is 6.08 Å². The van der Waals surface area contributed by atoms with E-state index >= 15 is 0 Å². The molecule has 10 heteroatoms. The summed E-state index contributed by atoms with van der Waals surface area (Å²) in [4.78, 5) is 34.4. The van der Waals surface area contributed by atoms with Gasteiger partial charge in [0.2, 0.25) is 0 Å². The molecule has 0 N–H and O–H groups in total. The lowest BCUT2D eigenvalue weighted by atomic mass is 9.93. The zero-order valence-electron chi connectivity index (χ0n) is 22.6. The third kappa shape index (κ3) is 5.63. The lowest BCUT2D eigenvalue weighted by Gasteiger charge is -2.26. The second-order valence-corrected chi connectivity index (χ2v) is 10.8. The van der Waals surface area contributed by atoms with Crippen molar-refractivity contribution in [3.63, 3.8) is 0 Å². The molecule has 3 aromatic rings. The maximum absolute atomic E-state index is 13.8. The Bertz CT molecular complexity index is 1540. The number of hydrogen-bond donors (Lipinski definition) is 0. The van der Waals surface area contributed by atoms with Crippen LogP contribution in [0.15, 0.2) is 61.9 Å². The molecule has 2 aliphatic rings. The minimum atomic E-state index is -0.667. The molecule has 0 radical (unpaired) electrons. The number of aromatic nitrogens is 1. The molecule has 0 aliphatic carbocycles. The molecule has 1 aromatic carbocycles. The highest BCUT2D eigenvalue weighted by molar-refractivity contribution is 7.07. The van der Waals surface area contributed by atoms with Crippen molar-refractivity contribution in [2.45, 2.75) is 32.7 Å². The highest BCUT2D eigenvalue weighted by atomic mass is 32.1. The van der Waals surface area contributed by atoms with Gasteiger partial charge >= 0.3 is 5.97 Å². The number of carbonyl (C=O) groups is 1. The summed E-state index contributed by atoms with van der Waals surface area (Å²) in [6, 6.07) is 11.1. The molecule has 9 nitrogen and oxygen atoms in total. The quantitative estimate of drug-likeness (QED) is 0.314. The Hall–Kier alpha value is -3.47. The zero-order chi connectivity index (χ0) is 27.5. The Labute approximate surface area is 230 Å². The Morgan fingerprint density at radius 1 is 1.15 bits per heavy atom. The fourth-order valence-electron chi connectivity index (χ4n) is 4.76. The van der Waals surface area contributed by atoms with Crippen molar-refractivity contribution in [3.8, 4) is 0 Å². The molecular formula is C29H33N3O6S. The lowest BCUT2D eigenvalue weighted by Crippen LogP contribution is -2.40. The third-order valence-corrected chi connectivity index (χ3v) is 7.87. The van der Waals surface area contributed by atoms with Crippen molar-refractivity contribution in [1.29, 1.82) is 0 Å². The summed E-state index contributed by atoms with van der Waals surface area (Å²) in [5.41, 5.74) is 2.61. The van der Waals surface area contributed by atoms with Gasteiger partial charge in [-0.05, 0) is 30.0 Å². The first kappa shape index (κ1) is 27.1. The van der Waals surface area contributed by atoms with Crippen LogP contribution in [-0.4, -0.2) is 57.2 Å². The molecule has 2 aromatic heterocycles. The summed E-state index contributed by atoms with van der Waals surface area (Å²) in [5.74, 6) is 1.17. The molecule has 1 atom stereocenters. The fraction of sp³-hybridized carbons (Fsp3) is 0.414. The highest BCUT2D eigenvalue weighted by Crippen LogP contribution is 2.31. The molecule has 0 spiro atoms. The zero-order valence-corrected chi connectivity index (χ0v) is 23.5. The van der Waals surface area contributed by atoms with Gasteiger partial charge in [0.05, 0.1) is 41.7 Å². The summed E-state index contributed by atoms with van der Waals surface area (Å²) >= 11 is 1.28. The standard InChI is InChI=1S/C29H33N3O6S/c1-18(2)20-5-7-21(8-6-20)26-25(28(34)37-16-15-35-4)19(3)30-29-32(26)27(33)23(39-29)17-22-9-10-24(38-22)31-11-13-36-14-12-31/h5-10,17-18,26H,11-16H2,1-4H3. The van der Waals surface area contributed by atoms with Crippen LogP contribution in [-0.2, 0) is 19.0 Å². The average Bonchev–Trinajstić information content (AvgIpc) is 3.53. The summed E-state index contributed by atoms with van der Waals surface area (Å²) in [6.07, 6.45) is 1.74. The number of hydrogen-bond acceptors (Lipinski definition) is 9. The van der Waals surface area contributed by atoms with Crippen LogP contribution in [0.1, 0.15) is 49.6 Å². The number of esters is 1. The van der Waals surface area contributed by atoms with Gasteiger partial charge in [-0.2, -0.15) is 0 Å². The van der Waals surface area contributed by atoms with Crippen LogP contribution in [0, 0.1) is 0 Å². The number of rotatable bonds is 8. The molecule has 0 amide bonds. The van der Waals surface area contributed by atoms with Crippen molar-refractivity contribution in [2.24, 2.45) is 4.99 Å². The number of benzene rings is 1. The van der Waals surface area contributed by atoms with Crippen LogP contribution in [0.4, 0.5) is 5.88 Å². The van der Waals surface area contributed by atoms with Crippen LogP contribution in [0.3, 0.4) is 0 Å². The second kappa shape index (κ2) is 11.7. The van der Waals surface area contributed by atoms with Crippen molar-refractivity contribution >= 4 is 29.3 Å². The summed E-state index contributed by atoms with van der Waals surface area (Å²) < 4.78 is 24.1. The van der Waals surface area contributed by atoms with Gasteiger partial charge in [-0.25, -0.2) is 9.79 Å². The van der Waals surface area contributed by atoms with Gasteiger partial charge in [0.25, 0.3) is 5.56 Å². The van der Waals surface area contributed by atoms with Crippen molar-refractivity contribution in [2.75, 3.05) is 51.5 Å². The number of anilines is 1. The van der Waals surface area contributed by atoms with E-state index in [2.05, 4.69) is 23.7 Å². The first-order chi connectivity index (χ1) is 18.9. The number of nitrogens with zero attached hydrogens (tertiary/aromatic N) is 3. The van der Waals surface area contributed by atoms with Gasteiger partial charge in [-0.3, -0.25) is 9.36 Å². The van der Waals surface area contributed by atoms with Crippen molar-refractivity contribution in [3.05, 3.63) is 84.2 Å². The van der Waals surface area contributed by atoms with E-state index < -0.39 is 12.0 Å². The van der Waals surface area contributed by atoms with Crippen LogP contribution >= 0.6 is 11.3 Å². The topological polar surface area (TPSA) is 95.5 Å². The molecular weight excluding hydrogens is 518 g/mol. The molecule has 1 fully saturated rings. The van der Waals surface area contributed by atoms with E-state index in [9.17, 15) is 9.59 Å².